The van der Waals surface area contributed by atoms with Gasteiger partial charge in [-0.2, -0.15) is 18.3 Å². The molecule has 4 nitrogen and oxygen atoms in total. The Morgan fingerprint density at radius 1 is 1.39 bits per heavy atom. The highest BCUT2D eigenvalue weighted by Gasteiger charge is 2.49. The molecule has 2 unspecified atom stereocenters. The second-order valence-corrected chi connectivity index (χ2v) is 4.90. The van der Waals surface area contributed by atoms with Crippen molar-refractivity contribution in [1.29, 1.82) is 0 Å². The zero-order chi connectivity index (χ0) is 13.1. The zero-order valence-corrected chi connectivity index (χ0v) is 9.37. The van der Waals surface area contributed by atoms with Crippen LogP contribution in [-0.4, -0.2) is 20.9 Å². The molecule has 7 heteroatoms. The number of nitrogens with zero attached hydrogens (tertiary/aromatic N) is 2. The summed E-state index contributed by atoms with van der Waals surface area (Å²) in [5.74, 6) is -1.32. The Hall–Kier alpha value is -1.53. The van der Waals surface area contributed by atoms with Crippen LogP contribution in [0.1, 0.15) is 48.0 Å². The number of carboxylic acid groups (broad SMARTS) is 1. The number of aliphatic carboxylic acids is 1. The fourth-order valence-corrected chi connectivity index (χ4v) is 3.23. The van der Waals surface area contributed by atoms with E-state index in [9.17, 15) is 18.0 Å². The first kappa shape index (κ1) is 11.6. The first-order valence-electron chi connectivity index (χ1n) is 5.77. The van der Waals surface area contributed by atoms with E-state index in [2.05, 4.69) is 5.10 Å². The van der Waals surface area contributed by atoms with Crippen LogP contribution >= 0.6 is 0 Å². The van der Waals surface area contributed by atoms with Gasteiger partial charge in [0, 0.05) is 11.5 Å². The summed E-state index contributed by atoms with van der Waals surface area (Å²) in [6.07, 6.45) is -2.20. The molecule has 3 rings (SSSR count). The summed E-state index contributed by atoms with van der Waals surface area (Å²) in [5, 5.41) is 12.6. The Bertz CT molecular complexity index is 521. The van der Waals surface area contributed by atoms with Crippen molar-refractivity contribution in [3.05, 3.63) is 17.0 Å². The summed E-state index contributed by atoms with van der Waals surface area (Å²) >= 11 is 0. The number of carbonyl (C=O) groups is 1. The Kier molecular flexibility index (Phi) is 2.24. The highest BCUT2D eigenvalue weighted by molar-refractivity contribution is 5.66. The smallest absolute Gasteiger partial charge is 0.433 e. The third-order valence-corrected chi connectivity index (χ3v) is 3.80. The van der Waals surface area contributed by atoms with Crippen LogP contribution in [0.25, 0.3) is 0 Å². The van der Waals surface area contributed by atoms with Gasteiger partial charge in [0.1, 0.15) is 12.2 Å². The van der Waals surface area contributed by atoms with Gasteiger partial charge in [0.15, 0.2) is 0 Å². The average molecular weight is 260 g/mol. The van der Waals surface area contributed by atoms with E-state index in [1.54, 1.807) is 0 Å². The Morgan fingerprint density at radius 2 is 2.06 bits per heavy atom. The monoisotopic (exact) mass is 260 g/mol. The number of rotatable bonds is 2. The number of hydrogen-bond acceptors (Lipinski definition) is 2. The lowest BCUT2D eigenvalue weighted by molar-refractivity contribution is -0.147. The van der Waals surface area contributed by atoms with Crippen molar-refractivity contribution in [3.8, 4) is 0 Å². The lowest BCUT2D eigenvalue weighted by Crippen LogP contribution is -2.20. The fourth-order valence-electron chi connectivity index (χ4n) is 3.23. The molecule has 0 amide bonds. The second-order valence-electron chi connectivity index (χ2n) is 4.90. The highest BCUT2D eigenvalue weighted by Crippen LogP contribution is 2.55. The molecule has 1 fully saturated rings. The number of aromatic nitrogens is 2. The molecule has 1 heterocycles. The third kappa shape index (κ3) is 1.53. The summed E-state index contributed by atoms with van der Waals surface area (Å²) < 4.78 is 39.8. The number of fused-ring (bicyclic) bond motifs is 5. The maximum absolute atomic E-state index is 13.1. The molecule has 1 aromatic rings. The minimum Gasteiger partial charge on any atom is -0.480 e. The van der Waals surface area contributed by atoms with E-state index in [0.717, 1.165) is 19.3 Å². The Morgan fingerprint density at radius 3 is 2.67 bits per heavy atom. The quantitative estimate of drug-likeness (QED) is 0.888. The molecule has 98 valence electrons. The summed E-state index contributed by atoms with van der Waals surface area (Å²) in [7, 11) is 0. The second kappa shape index (κ2) is 3.49. The van der Waals surface area contributed by atoms with Crippen molar-refractivity contribution in [1.82, 2.24) is 9.78 Å². The summed E-state index contributed by atoms with van der Waals surface area (Å²) in [6.45, 7) is -0.735. The van der Waals surface area contributed by atoms with Gasteiger partial charge in [0.2, 0.25) is 0 Å². The number of halogens is 3. The van der Waals surface area contributed by atoms with Gasteiger partial charge < -0.3 is 5.11 Å². The van der Waals surface area contributed by atoms with E-state index in [-0.39, 0.29) is 17.4 Å². The van der Waals surface area contributed by atoms with Crippen LogP contribution in [0.15, 0.2) is 0 Å². The largest absolute Gasteiger partial charge is 0.480 e. The van der Waals surface area contributed by atoms with E-state index in [0.29, 0.717) is 10.4 Å². The summed E-state index contributed by atoms with van der Waals surface area (Å²) in [6, 6.07) is 0. The predicted molar refractivity (Wildman–Crippen MR) is 54.2 cm³/mol. The SMILES string of the molecule is O=C(O)Cn1nc2c(c1C(F)(F)F)C1CCC2C1. The van der Waals surface area contributed by atoms with Crippen LogP contribution in [0, 0.1) is 0 Å². The van der Waals surface area contributed by atoms with Crippen molar-refractivity contribution >= 4 is 5.97 Å². The molecule has 0 aliphatic heterocycles. The lowest BCUT2D eigenvalue weighted by atomic mass is 9.95. The van der Waals surface area contributed by atoms with Crippen molar-refractivity contribution in [2.75, 3.05) is 0 Å². The lowest BCUT2D eigenvalue weighted by Gasteiger charge is -2.14. The third-order valence-electron chi connectivity index (χ3n) is 3.80. The van der Waals surface area contributed by atoms with Crippen LogP contribution in [0.4, 0.5) is 13.2 Å². The normalized spacial score (nSPS) is 25.5. The minimum atomic E-state index is -4.54. The predicted octanol–water partition coefficient (Wildman–Crippen LogP) is 2.35. The van der Waals surface area contributed by atoms with Crippen LogP contribution in [0.5, 0.6) is 0 Å². The van der Waals surface area contributed by atoms with Gasteiger partial charge in [-0.1, -0.05) is 0 Å². The molecule has 2 aliphatic carbocycles. The highest BCUT2D eigenvalue weighted by atomic mass is 19.4. The number of carboxylic acids is 1. The van der Waals surface area contributed by atoms with E-state index in [1.165, 1.54) is 0 Å². The fraction of sp³-hybridized carbons (Fsp3) is 0.636. The van der Waals surface area contributed by atoms with Gasteiger partial charge in [-0.3, -0.25) is 4.79 Å². The van der Waals surface area contributed by atoms with Gasteiger partial charge in [0.25, 0.3) is 0 Å². The van der Waals surface area contributed by atoms with Gasteiger partial charge in [-0.15, -0.1) is 0 Å². The molecule has 1 N–H and O–H groups in total. The average Bonchev–Trinajstić information content (AvgIpc) is 2.81. The van der Waals surface area contributed by atoms with Crippen molar-refractivity contribution in [2.45, 2.75) is 43.8 Å². The Labute approximate surface area is 100 Å². The van der Waals surface area contributed by atoms with Gasteiger partial charge >= 0.3 is 12.1 Å². The number of hydrogen-bond donors (Lipinski definition) is 1. The molecule has 0 radical (unpaired) electrons. The molecular weight excluding hydrogens is 249 g/mol. The zero-order valence-electron chi connectivity index (χ0n) is 9.37. The minimum absolute atomic E-state index is 0.0844. The van der Waals surface area contributed by atoms with Gasteiger partial charge in [-0.25, -0.2) is 4.68 Å². The number of alkyl halides is 3. The van der Waals surface area contributed by atoms with Gasteiger partial charge in [0.05, 0.1) is 5.69 Å². The molecule has 0 saturated heterocycles. The molecule has 2 aliphatic rings. The summed E-state index contributed by atoms with van der Waals surface area (Å²) in [4.78, 5) is 10.6. The van der Waals surface area contributed by atoms with Crippen molar-refractivity contribution < 1.29 is 23.1 Å². The van der Waals surface area contributed by atoms with Crippen molar-refractivity contribution in [3.63, 3.8) is 0 Å². The van der Waals surface area contributed by atoms with Gasteiger partial charge in [-0.05, 0) is 25.2 Å². The summed E-state index contributed by atoms with van der Waals surface area (Å²) in [5.41, 5.74) is -0.132. The van der Waals surface area contributed by atoms with E-state index < -0.39 is 24.4 Å². The molecule has 18 heavy (non-hydrogen) atoms. The van der Waals surface area contributed by atoms with Crippen LogP contribution in [-0.2, 0) is 17.5 Å². The first-order valence-corrected chi connectivity index (χ1v) is 5.77. The molecular formula is C11H11F3N2O2. The molecule has 0 spiro atoms. The Balaban J connectivity index is 2.14. The van der Waals surface area contributed by atoms with E-state index in [4.69, 9.17) is 5.11 Å². The molecule has 1 saturated carbocycles. The maximum atomic E-state index is 13.1. The molecule has 2 bridgehead atoms. The van der Waals surface area contributed by atoms with E-state index >= 15 is 0 Å². The molecule has 0 aromatic carbocycles. The van der Waals surface area contributed by atoms with E-state index in [1.807, 2.05) is 0 Å². The molecule has 1 aromatic heterocycles. The first-order chi connectivity index (χ1) is 8.38. The van der Waals surface area contributed by atoms with Crippen molar-refractivity contribution in [2.24, 2.45) is 0 Å². The van der Waals surface area contributed by atoms with Crippen LogP contribution in [0.3, 0.4) is 0 Å². The molecule has 2 atom stereocenters. The maximum Gasteiger partial charge on any atom is 0.433 e. The topological polar surface area (TPSA) is 55.1 Å². The van der Waals surface area contributed by atoms with Crippen LogP contribution < -0.4 is 0 Å². The van der Waals surface area contributed by atoms with Crippen LogP contribution in [0.2, 0.25) is 0 Å². The standard InChI is InChI=1S/C11H11F3N2O2/c12-11(13,14)10-8-5-1-2-6(3-5)9(8)15-16(10)4-7(17)18/h5-6H,1-4H2,(H,17,18).